The number of Topliss-reactive ketones (excluding diaryl/α,β-unsaturated/α-hetero) is 2. The molecule has 2 atom stereocenters. The Morgan fingerprint density at radius 3 is 2.28 bits per heavy atom. The van der Waals surface area contributed by atoms with E-state index in [-0.39, 0.29) is 47.4 Å². The van der Waals surface area contributed by atoms with E-state index in [1.165, 1.54) is 12.1 Å². The Labute approximate surface area is 144 Å². The van der Waals surface area contributed by atoms with Crippen molar-refractivity contribution in [3.8, 4) is 11.5 Å². The molecule has 25 heavy (non-hydrogen) atoms. The number of phenols is 2. The first-order chi connectivity index (χ1) is 12.0. The predicted octanol–water partition coefficient (Wildman–Crippen LogP) is 3.22. The zero-order valence-corrected chi connectivity index (χ0v) is 13.5. The maximum atomic E-state index is 12.6. The molecule has 2 aromatic carbocycles. The lowest BCUT2D eigenvalue weighted by Gasteiger charge is -2.30. The van der Waals surface area contributed by atoms with Crippen molar-refractivity contribution in [3.05, 3.63) is 58.1 Å². The van der Waals surface area contributed by atoms with Gasteiger partial charge in [-0.3, -0.25) is 9.59 Å². The van der Waals surface area contributed by atoms with Crippen molar-refractivity contribution < 1.29 is 24.9 Å². The van der Waals surface area contributed by atoms with Gasteiger partial charge in [0.25, 0.3) is 0 Å². The van der Waals surface area contributed by atoms with Crippen molar-refractivity contribution in [3.63, 3.8) is 0 Å². The van der Waals surface area contributed by atoms with Gasteiger partial charge >= 0.3 is 0 Å². The third-order valence-electron chi connectivity index (χ3n) is 5.28. The quantitative estimate of drug-likeness (QED) is 0.742. The molecule has 2 aliphatic rings. The highest BCUT2D eigenvalue weighted by atomic mass is 16.3. The lowest BCUT2D eigenvalue weighted by molar-refractivity contribution is 0.0889. The molecule has 3 N–H and O–H groups in total. The molecule has 0 spiro atoms. The van der Waals surface area contributed by atoms with Crippen LogP contribution in [0.4, 0.5) is 0 Å². The number of phenolic OH excluding ortho intramolecular Hbond substituents is 2. The Morgan fingerprint density at radius 2 is 1.48 bits per heavy atom. The van der Waals surface area contributed by atoms with E-state index in [2.05, 4.69) is 0 Å². The predicted molar refractivity (Wildman–Crippen MR) is 90.1 cm³/mol. The van der Waals surface area contributed by atoms with E-state index in [1.807, 2.05) is 0 Å². The number of hydrogen-bond donors (Lipinski definition) is 3. The molecular formula is C20H18O5. The van der Waals surface area contributed by atoms with E-state index >= 15 is 0 Å². The molecule has 0 saturated heterocycles. The van der Waals surface area contributed by atoms with Crippen molar-refractivity contribution in [2.45, 2.75) is 37.7 Å². The summed E-state index contributed by atoms with van der Waals surface area (Å²) < 4.78 is 0. The molecule has 4 rings (SSSR count). The fraction of sp³-hybridized carbons (Fsp3) is 0.300. The van der Waals surface area contributed by atoms with Gasteiger partial charge in [0.2, 0.25) is 0 Å². The highest BCUT2D eigenvalue weighted by molar-refractivity contribution is 6.03. The van der Waals surface area contributed by atoms with Gasteiger partial charge in [-0.05, 0) is 36.1 Å². The highest BCUT2D eigenvalue weighted by Gasteiger charge is 2.35. The first kappa shape index (κ1) is 15.8. The minimum atomic E-state index is -0.874. The molecule has 5 nitrogen and oxygen atoms in total. The number of carbonyl (C=O) groups excluding carboxylic acids is 2. The summed E-state index contributed by atoms with van der Waals surface area (Å²) in [7, 11) is 0. The van der Waals surface area contributed by atoms with E-state index in [9.17, 15) is 24.9 Å². The normalized spacial score (nSPS) is 22.4. The molecule has 2 aromatic rings. The van der Waals surface area contributed by atoms with Crippen LogP contribution < -0.4 is 0 Å². The summed E-state index contributed by atoms with van der Waals surface area (Å²) in [4.78, 5) is 24.8. The molecule has 2 aliphatic carbocycles. The Balaban J connectivity index is 1.95. The summed E-state index contributed by atoms with van der Waals surface area (Å²) in [5.41, 5.74) is 2.36. The monoisotopic (exact) mass is 338 g/mol. The third-order valence-corrected chi connectivity index (χ3v) is 5.28. The summed E-state index contributed by atoms with van der Waals surface area (Å²) in [6.45, 7) is 0. The number of benzene rings is 2. The van der Waals surface area contributed by atoms with Crippen LogP contribution in [0.5, 0.6) is 11.5 Å². The Kier molecular flexibility index (Phi) is 3.62. The van der Waals surface area contributed by atoms with Crippen molar-refractivity contribution >= 4 is 11.6 Å². The SMILES string of the molecule is O=C1CCC(c2ccc(O)c3c2C(=O)CCC3O)c2cccc(O)c21. The van der Waals surface area contributed by atoms with Gasteiger partial charge in [-0.15, -0.1) is 0 Å². The molecule has 0 aliphatic heterocycles. The summed E-state index contributed by atoms with van der Waals surface area (Å²) >= 11 is 0. The standard InChI is InChI=1S/C20H18O5/c21-13-3-1-2-11-10(4-6-14(22)18(11)13)12-5-7-16(24)20-17(25)9-8-15(23)19(12)20/h1-3,5,7,10,17,21,24-25H,4,6,8-9H2. The summed E-state index contributed by atoms with van der Waals surface area (Å²) in [6, 6.07) is 8.15. The number of hydrogen-bond acceptors (Lipinski definition) is 5. The Bertz CT molecular complexity index is 899. The highest BCUT2D eigenvalue weighted by Crippen LogP contribution is 2.45. The first-order valence-corrected chi connectivity index (χ1v) is 8.41. The summed E-state index contributed by atoms with van der Waals surface area (Å²) in [5, 5.41) is 30.5. The Morgan fingerprint density at radius 1 is 0.800 bits per heavy atom. The largest absolute Gasteiger partial charge is 0.508 e. The van der Waals surface area contributed by atoms with Gasteiger partial charge in [-0.2, -0.15) is 0 Å². The summed E-state index contributed by atoms with van der Waals surface area (Å²) in [5.74, 6) is -0.579. The van der Waals surface area contributed by atoms with E-state index in [0.717, 1.165) is 0 Å². The van der Waals surface area contributed by atoms with Gasteiger partial charge in [-0.1, -0.05) is 18.2 Å². The minimum absolute atomic E-state index is 0.0498. The van der Waals surface area contributed by atoms with Crippen molar-refractivity contribution in [2.24, 2.45) is 0 Å². The van der Waals surface area contributed by atoms with Crippen LogP contribution in [0.15, 0.2) is 30.3 Å². The molecule has 128 valence electrons. The average molecular weight is 338 g/mol. The second-order valence-corrected chi connectivity index (χ2v) is 6.70. The second-order valence-electron chi connectivity index (χ2n) is 6.70. The van der Waals surface area contributed by atoms with Crippen LogP contribution in [0.3, 0.4) is 0 Å². The molecule has 2 unspecified atom stereocenters. The zero-order chi connectivity index (χ0) is 17.7. The van der Waals surface area contributed by atoms with Crippen LogP contribution in [0.25, 0.3) is 0 Å². The number of fused-ring (bicyclic) bond motifs is 2. The molecule has 0 radical (unpaired) electrons. The number of aliphatic hydroxyl groups excluding tert-OH is 1. The Hall–Kier alpha value is -2.66. The molecule has 0 aromatic heterocycles. The van der Waals surface area contributed by atoms with Gasteiger partial charge in [0, 0.05) is 29.9 Å². The topological polar surface area (TPSA) is 94.8 Å². The van der Waals surface area contributed by atoms with Crippen LogP contribution in [0.2, 0.25) is 0 Å². The van der Waals surface area contributed by atoms with Crippen LogP contribution >= 0.6 is 0 Å². The fourth-order valence-corrected chi connectivity index (χ4v) is 4.13. The number of ketones is 2. The molecule has 0 saturated carbocycles. The summed E-state index contributed by atoms with van der Waals surface area (Å²) in [6.07, 6.45) is 0.450. The molecule has 0 heterocycles. The van der Waals surface area contributed by atoms with Gasteiger partial charge in [0.05, 0.1) is 11.7 Å². The molecule has 5 heteroatoms. The molecular weight excluding hydrogens is 320 g/mol. The van der Waals surface area contributed by atoms with Crippen LogP contribution in [0.1, 0.15) is 75.1 Å². The molecule has 0 amide bonds. The zero-order valence-electron chi connectivity index (χ0n) is 13.5. The molecule has 0 bridgehead atoms. The maximum Gasteiger partial charge on any atom is 0.166 e. The van der Waals surface area contributed by atoms with Crippen LogP contribution in [-0.4, -0.2) is 26.9 Å². The maximum absolute atomic E-state index is 12.6. The average Bonchev–Trinajstić information content (AvgIpc) is 2.59. The van der Waals surface area contributed by atoms with Gasteiger partial charge in [0.15, 0.2) is 11.6 Å². The minimum Gasteiger partial charge on any atom is -0.508 e. The number of carbonyl (C=O) groups is 2. The van der Waals surface area contributed by atoms with Gasteiger partial charge < -0.3 is 15.3 Å². The van der Waals surface area contributed by atoms with E-state index in [1.54, 1.807) is 18.2 Å². The van der Waals surface area contributed by atoms with Crippen molar-refractivity contribution in [1.82, 2.24) is 0 Å². The van der Waals surface area contributed by atoms with Crippen LogP contribution in [-0.2, 0) is 0 Å². The van der Waals surface area contributed by atoms with E-state index in [4.69, 9.17) is 0 Å². The van der Waals surface area contributed by atoms with Crippen LogP contribution in [0, 0.1) is 0 Å². The molecule has 0 fully saturated rings. The lowest BCUT2D eigenvalue weighted by Crippen LogP contribution is -2.22. The number of aliphatic hydroxyl groups is 1. The van der Waals surface area contributed by atoms with E-state index < -0.39 is 6.10 Å². The number of aromatic hydroxyl groups is 2. The van der Waals surface area contributed by atoms with Crippen molar-refractivity contribution in [1.29, 1.82) is 0 Å². The van der Waals surface area contributed by atoms with E-state index in [0.29, 0.717) is 35.1 Å². The first-order valence-electron chi connectivity index (χ1n) is 8.41. The van der Waals surface area contributed by atoms with Gasteiger partial charge in [-0.25, -0.2) is 0 Å². The smallest absolute Gasteiger partial charge is 0.166 e. The lowest BCUT2D eigenvalue weighted by atomic mass is 9.73. The number of rotatable bonds is 1. The third kappa shape index (κ3) is 2.35. The van der Waals surface area contributed by atoms with Gasteiger partial charge in [0.1, 0.15) is 11.5 Å². The fourth-order valence-electron chi connectivity index (χ4n) is 4.13. The van der Waals surface area contributed by atoms with Crippen molar-refractivity contribution in [2.75, 3.05) is 0 Å². The second kappa shape index (κ2) is 5.70.